The lowest BCUT2D eigenvalue weighted by Gasteiger charge is -2.04. The molecule has 2 nitrogen and oxygen atoms in total. The van der Waals surface area contributed by atoms with Crippen LogP contribution in [0.4, 0.5) is 10.1 Å². The van der Waals surface area contributed by atoms with Crippen LogP contribution < -0.4 is 5.32 Å². The van der Waals surface area contributed by atoms with E-state index in [0.717, 1.165) is 22.4 Å². The highest BCUT2D eigenvalue weighted by molar-refractivity contribution is 6.31. The van der Waals surface area contributed by atoms with E-state index in [1.807, 2.05) is 30.3 Å². The molecule has 1 heterocycles. The first-order chi connectivity index (χ1) is 9.22. The lowest BCUT2D eigenvalue weighted by Crippen LogP contribution is -1.98. The number of hydrogen-bond donors (Lipinski definition) is 1. The van der Waals surface area contributed by atoms with Gasteiger partial charge in [-0.3, -0.25) is 0 Å². The summed E-state index contributed by atoms with van der Waals surface area (Å²) in [6.07, 6.45) is 0. The molecule has 2 aromatic carbocycles. The van der Waals surface area contributed by atoms with Gasteiger partial charge in [-0.1, -0.05) is 29.8 Å². The maximum atomic E-state index is 13.0. The monoisotopic (exact) mass is 275 g/mol. The molecule has 0 radical (unpaired) electrons. The number of fused-ring (bicyclic) bond motifs is 1. The van der Waals surface area contributed by atoms with E-state index in [-0.39, 0.29) is 5.02 Å². The summed E-state index contributed by atoms with van der Waals surface area (Å²) in [4.78, 5) is 0. The van der Waals surface area contributed by atoms with Crippen LogP contribution in [0, 0.1) is 5.82 Å². The summed E-state index contributed by atoms with van der Waals surface area (Å²) in [5, 5.41) is 4.32. The fourth-order valence-corrected chi connectivity index (χ4v) is 2.10. The van der Waals surface area contributed by atoms with Crippen molar-refractivity contribution >= 4 is 28.3 Å². The van der Waals surface area contributed by atoms with Crippen molar-refractivity contribution < 1.29 is 8.81 Å². The molecule has 0 aliphatic rings. The fraction of sp³-hybridized carbons (Fsp3) is 0.0667. The van der Waals surface area contributed by atoms with Crippen molar-refractivity contribution in [1.29, 1.82) is 0 Å². The molecule has 96 valence electrons. The van der Waals surface area contributed by atoms with Crippen molar-refractivity contribution in [2.45, 2.75) is 6.54 Å². The Morgan fingerprint density at radius 3 is 2.74 bits per heavy atom. The lowest BCUT2D eigenvalue weighted by molar-refractivity contribution is 0.559. The molecule has 1 N–H and O–H groups in total. The quantitative estimate of drug-likeness (QED) is 0.740. The topological polar surface area (TPSA) is 25.2 Å². The van der Waals surface area contributed by atoms with Crippen molar-refractivity contribution in [3.8, 4) is 0 Å². The largest absolute Gasteiger partial charge is 0.459 e. The third-order valence-electron chi connectivity index (χ3n) is 2.86. The van der Waals surface area contributed by atoms with Crippen LogP contribution in [0.15, 0.2) is 52.9 Å². The molecular formula is C15H11ClFNO. The van der Waals surface area contributed by atoms with Gasteiger partial charge >= 0.3 is 0 Å². The van der Waals surface area contributed by atoms with Gasteiger partial charge in [-0.05, 0) is 30.3 Å². The molecule has 0 unspecified atom stereocenters. The molecule has 4 heteroatoms. The zero-order chi connectivity index (χ0) is 13.2. The van der Waals surface area contributed by atoms with Gasteiger partial charge in [0.05, 0.1) is 11.6 Å². The van der Waals surface area contributed by atoms with Crippen molar-refractivity contribution in [1.82, 2.24) is 0 Å². The van der Waals surface area contributed by atoms with E-state index in [1.165, 1.54) is 6.07 Å². The minimum absolute atomic E-state index is 0.106. The van der Waals surface area contributed by atoms with Gasteiger partial charge in [0.1, 0.15) is 17.2 Å². The predicted molar refractivity (Wildman–Crippen MR) is 75.0 cm³/mol. The summed E-state index contributed by atoms with van der Waals surface area (Å²) in [6.45, 7) is 0.524. The molecule has 0 fully saturated rings. The standard InChI is InChI=1S/C15H11ClFNO/c16-13-8-11(5-6-14(13)17)18-9-12-7-10-3-1-2-4-15(10)19-12/h1-8,18H,9H2. The molecular weight excluding hydrogens is 265 g/mol. The molecule has 0 saturated carbocycles. The Labute approximate surface area is 114 Å². The van der Waals surface area contributed by atoms with Crippen molar-refractivity contribution in [3.05, 3.63) is 65.1 Å². The number of anilines is 1. The number of halogens is 2. The Morgan fingerprint density at radius 1 is 1.11 bits per heavy atom. The van der Waals surface area contributed by atoms with Gasteiger partial charge in [-0.2, -0.15) is 0 Å². The van der Waals surface area contributed by atoms with E-state index in [1.54, 1.807) is 12.1 Å². The molecule has 0 aliphatic heterocycles. The number of hydrogen-bond acceptors (Lipinski definition) is 2. The first kappa shape index (κ1) is 12.1. The highest BCUT2D eigenvalue weighted by atomic mass is 35.5. The van der Waals surface area contributed by atoms with Crippen molar-refractivity contribution in [3.63, 3.8) is 0 Å². The number of benzene rings is 2. The maximum absolute atomic E-state index is 13.0. The minimum atomic E-state index is -0.420. The Hall–Kier alpha value is -2.00. The second-order valence-corrected chi connectivity index (χ2v) is 4.64. The molecule has 0 bridgehead atoms. The van der Waals surface area contributed by atoms with Crippen LogP contribution >= 0.6 is 11.6 Å². The highest BCUT2D eigenvalue weighted by Crippen LogP contribution is 2.22. The first-order valence-corrected chi connectivity index (χ1v) is 6.26. The Morgan fingerprint density at radius 2 is 1.95 bits per heavy atom. The summed E-state index contributed by atoms with van der Waals surface area (Å²) < 4.78 is 18.7. The molecule has 1 aromatic heterocycles. The van der Waals surface area contributed by atoms with E-state index < -0.39 is 5.82 Å². The van der Waals surface area contributed by atoms with Gasteiger partial charge in [-0.25, -0.2) is 4.39 Å². The summed E-state index contributed by atoms with van der Waals surface area (Å²) in [6, 6.07) is 14.3. The van der Waals surface area contributed by atoms with Gasteiger partial charge in [0.2, 0.25) is 0 Å². The van der Waals surface area contributed by atoms with Crippen LogP contribution in [0.25, 0.3) is 11.0 Å². The average Bonchev–Trinajstić information content (AvgIpc) is 2.83. The number of para-hydroxylation sites is 1. The first-order valence-electron chi connectivity index (χ1n) is 5.89. The van der Waals surface area contributed by atoms with Crippen LogP contribution in [-0.2, 0) is 6.54 Å². The third kappa shape index (κ3) is 2.56. The normalized spacial score (nSPS) is 10.8. The summed E-state index contributed by atoms with van der Waals surface area (Å²) in [5.74, 6) is 0.401. The highest BCUT2D eigenvalue weighted by Gasteiger charge is 2.04. The molecule has 0 aliphatic carbocycles. The van der Waals surface area contributed by atoms with Crippen LogP contribution in [0.5, 0.6) is 0 Å². The lowest BCUT2D eigenvalue weighted by atomic mass is 10.2. The molecule has 0 spiro atoms. The van der Waals surface area contributed by atoms with Crippen LogP contribution in [0.1, 0.15) is 5.76 Å². The smallest absolute Gasteiger partial charge is 0.141 e. The maximum Gasteiger partial charge on any atom is 0.141 e. The van der Waals surface area contributed by atoms with Gasteiger partial charge in [0.25, 0.3) is 0 Å². The second kappa shape index (κ2) is 4.94. The van der Waals surface area contributed by atoms with Crippen molar-refractivity contribution in [2.75, 3.05) is 5.32 Å². The number of nitrogens with one attached hydrogen (secondary N) is 1. The zero-order valence-electron chi connectivity index (χ0n) is 9.99. The second-order valence-electron chi connectivity index (χ2n) is 4.23. The van der Waals surface area contributed by atoms with Gasteiger partial charge in [-0.15, -0.1) is 0 Å². The minimum Gasteiger partial charge on any atom is -0.459 e. The van der Waals surface area contributed by atoms with E-state index in [0.29, 0.717) is 6.54 Å². The van der Waals surface area contributed by atoms with E-state index >= 15 is 0 Å². The van der Waals surface area contributed by atoms with Gasteiger partial charge in [0, 0.05) is 11.1 Å². The molecule has 0 amide bonds. The Bertz CT molecular complexity index is 690. The molecule has 3 aromatic rings. The van der Waals surface area contributed by atoms with E-state index in [4.69, 9.17) is 16.0 Å². The van der Waals surface area contributed by atoms with Crippen LogP contribution in [0.3, 0.4) is 0 Å². The van der Waals surface area contributed by atoms with E-state index in [2.05, 4.69) is 5.32 Å². The van der Waals surface area contributed by atoms with Crippen molar-refractivity contribution in [2.24, 2.45) is 0 Å². The Balaban J connectivity index is 1.76. The summed E-state index contributed by atoms with van der Waals surface area (Å²) >= 11 is 5.72. The summed E-state index contributed by atoms with van der Waals surface area (Å²) in [7, 11) is 0. The molecule has 3 rings (SSSR count). The number of furan rings is 1. The van der Waals surface area contributed by atoms with Gasteiger partial charge < -0.3 is 9.73 Å². The SMILES string of the molecule is Fc1ccc(NCc2cc3ccccc3o2)cc1Cl. The average molecular weight is 276 g/mol. The van der Waals surface area contributed by atoms with Gasteiger partial charge in [0.15, 0.2) is 0 Å². The van der Waals surface area contributed by atoms with Crippen LogP contribution in [0.2, 0.25) is 5.02 Å². The number of rotatable bonds is 3. The molecule has 19 heavy (non-hydrogen) atoms. The Kier molecular flexibility index (Phi) is 3.13. The van der Waals surface area contributed by atoms with Crippen LogP contribution in [-0.4, -0.2) is 0 Å². The fourth-order valence-electron chi connectivity index (χ4n) is 1.92. The van der Waals surface area contributed by atoms with E-state index in [9.17, 15) is 4.39 Å². The zero-order valence-corrected chi connectivity index (χ0v) is 10.7. The third-order valence-corrected chi connectivity index (χ3v) is 3.15. The molecule has 0 saturated heterocycles. The molecule has 0 atom stereocenters. The predicted octanol–water partition coefficient (Wildman–Crippen LogP) is 4.84. The summed E-state index contributed by atoms with van der Waals surface area (Å²) in [5.41, 5.74) is 1.61.